The zero-order chi connectivity index (χ0) is 74.5. The topological polar surface area (TPSA) is 353 Å². The number of hydrazine groups is 1. The lowest BCUT2D eigenvalue weighted by molar-refractivity contribution is -0.148. The van der Waals surface area contributed by atoms with Crippen molar-refractivity contribution < 1.29 is 62.2 Å². The predicted molar refractivity (Wildman–Crippen MR) is 384 cm³/mol. The first-order chi connectivity index (χ1) is 47.4. The molecule has 2 aliphatic rings. The predicted octanol–water partition coefficient (Wildman–Crippen LogP) is 4.52. The zero-order valence-corrected chi connectivity index (χ0v) is 62.3. The van der Waals surface area contributed by atoms with Crippen LogP contribution in [0.25, 0.3) is 0 Å². The van der Waals surface area contributed by atoms with Gasteiger partial charge in [0.25, 0.3) is 0 Å². The summed E-state index contributed by atoms with van der Waals surface area (Å²) in [7, 11) is 8.40. The number of piperidine rings is 1. The molecule has 27 heteroatoms. The Morgan fingerprint density at radius 1 is 0.650 bits per heavy atom. The van der Waals surface area contributed by atoms with Crippen molar-refractivity contribution >= 4 is 70.8 Å². The lowest BCUT2D eigenvalue weighted by Crippen LogP contribution is -2.59. The van der Waals surface area contributed by atoms with E-state index in [4.69, 9.17) is 15.2 Å². The van der Waals surface area contributed by atoms with Crippen LogP contribution >= 0.6 is 0 Å². The van der Waals surface area contributed by atoms with Gasteiger partial charge in [0.15, 0.2) is 0 Å². The average molecular weight is 1400 g/mol. The quantitative estimate of drug-likeness (QED) is 0.0323. The van der Waals surface area contributed by atoms with Crippen molar-refractivity contribution in [3.63, 3.8) is 0 Å². The SMILES string of the molecule is CCCCNNC(=O)C1CCN(C(=O)CCC(=O)N[C@H](C(=O)N[C@@H](CCCNC(N)=O)C(=O)Nc2ccc(CNC(=O)[C@H](Cc3ccccc3)NC(=O)[C@H](C)[C@@H](OC)[C@@H]3CCCN3C(=O)C[C@@H](OC)[C@H]([C@@H](C)CC)N(C)C(=O)[C@@H](NC(=O)[C@H](C(C)C)N(C)C)C(C)C)cc2)C(C)C)C(C)C1. The lowest BCUT2D eigenvalue weighted by atomic mass is 9.89. The van der Waals surface area contributed by atoms with Crippen molar-refractivity contribution in [1.82, 2.24) is 62.4 Å². The second-order valence-corrected chi connectivity index (χ2v) is 28.3. The van der Waals surface area contributed by atoms with Crippen molar-refractivity contribution in [2.75, 3.05) is 66.9 Å². The Morgan fingerprint density at radius 2 is 1.31 bits per heavy atom. The van der Waals surface area contributed by atoms with E-state index in [0.29, 0.717) is 63.0 Å². The molecule has 0 saturated carbocycles. The molecule has 2 fully saturated rings. The minimum atomic E-state index is -1.13. The summed E-state index contributed by atoms with van der Waals surface area (Å²) in [5.41, 5.74) is 12.8. The molecular weight excluding hydrogens is 1280 g/mol. The van der Waals surface area contributed by atoms with E-state index in [9.17, 15) is 52.7 Å². The number of hydrogen-bond acceptors (Lipinski definition) is 15. The van der Waals surface area contributed by atoms with Crippen LogP contribution in [0.5, 0.6) is 0 Å². The van der Waals surface area contributed by atoms with Crippen LogP contribution < -0.4 is 53.8 Å². The minimum absolute atomic E-state index is 0.00737. The minimum Gasteiger partial charge on any atom is -0.379 e. The molecule has 4 rings (SSSR count). The fraction of sp³-hybridized carbons (Fsp3) is 0.685. The van der Waals surface area contributed by atoms with Gasteiger partial charge in [-0.15, -0.1) is 0 Å². The Hall–Kier alpha value is -7.75. The van der Waals surface area contributed by atoms with Crippen LogP contribution in [0.1, 0.15) is 164 Å². The average Bonchev–Trinajstić information content (AvgIpc) is 1.36. The molecule has 2 aliphatic heterocycles. The molecular formula is C73H120N14O13. The number of likely N-dealkylation sites (N-methyl/N-ethyl adjacent to an activating group) is 2. The van der Waals surface area contributed by atoms with Crippen LogP contribution in [0.2, 0.25) is 0 Å². The molecule has 2 saturated heterocycles. The molecule has 0 aromatic heterocycles. The normalized spacial score (nSPS) is 18.5. The number of carbonyl (C=O) groups excluding carboxylic acids is 11. The van der Waals surface area contributed by atoms with E-state index in [1.807, 2.05) is 97.8 Å². The lowest BCUT2D eigenvalue weighted by Gasteiger charge is -2.41. The highest BCUT2D eigenvalue weighted by atomic mass is 16.5. The summed E-state index contributed by atoms with van der Waals surface area (Å²) in [6, 6.07) is 9.34. The van der Waals surface area contributed by atoms with Crippen molar-refractivity contribution in [3.05, 3.63) is 65.7 Å². The number of methoxy groups -OCH3 is 2. The molecule has 13 atom stereocenters. The molecule has 2 unspecified atom stereocenters. The van der Waals surface area contributed by atoms with E-state index in [2.05, 4.69) is 55.0 Å². The summed E-state index contributed by atoms with van der Waals surface area (Å²) in [5.74, 6) is -5.66. The van der Waals surface area contributed by atoms with E-state index >= 15 is 0 Å². The van der Waals surface area contributed by atoms with Gasteiger partial charge in [-0.2, -0.15) is 0 Å². The molecule has 0 bridgehead atoms. The van der Waals surface area contributed by atoms with Gasteiger partial charge in [-0.3, -0.25) is 58.3 Å². The smallest absolute Gasteiger partial charge is 0.312 e. The molecule has 560 valence electrons. The number of benzene rings is 2. The van der Waals surface area contributed by atoms with Crippen LogP contribution in [0.15, 0.2) is 54.6 Å². The van der Waals surface area contributed by atoms with E-state index < -0.39 is 102 Å². The molecule has 0 spiro atoms. The highest BCUT2D eigenvalue weighted by molar-refractivity contribution is 5.99. The molecule has 11 N–H and O–H groups in total. The van der Waals surface area contributed by atoms with Crippen LogP contribution in [0.4, 0.5) is 10.5 Å². The fourth-order valence-electron chi connectivity index (χ4n) is 13.5. The van der Waals surface area contributed by atoms with Gasteiger partial charge in [-0.25, -0.2) is 10.2 Å². The third kappa shape index (κ3) is 26.0. The monoisotopic (exact) mass is 1400 g/mol. The largest absolute Gasteiger partial charge is 0.379 e. The standard InChI is InChI=1S/C73H120N14O13/c1-17-19-37-77-83-67(92)52-35-39-86(48(10)40-52)59(89)34-33-58(88)81-61(44(3)4)70(95)79-54(27-23-36-75-73(74)98)69(94)78-53-31-29-51(30-32-53)43-76-68(93)55(41-50-25-21-20-22-26-50)80-66(91)49(11)65(100-16)56-28-24-38-87(56)60(90)42-57(99-15)64(47(9)18-2)85(14)72(97)62(45(5)6)82-71(96)63(46(7)8)84(12)13/h20-22,25-26,29-32,44-49,52,54-57,61-65,77H,17-19,23-24,27-28,33-43H2,1-16H3,(H,76,93)(H,78,94)(H,79,95)(H,80,91)(H,81,88)(H,82,96)(H,83,92)(H3,74,75,98)/t47-,48?,49+,52?,54-,55-,56-,57+,61-,62-,63-,64-,65+/m0/s1. The number of amides is 12. The van der Waals surface area contributed by atoms with Crippen molar-refractivity contribution in [2.45, 2.75) is 227 Å². The van der Waals surface area contributed by atoms with Crippen molar-refractivity contribution in [1.29, 1.82) is 0 Å². The third-order valence-electron chi connectivity index (χ3n) is 19.4. The number of primary amides is 1. The molecule has 0 radical (unpaired) electrons. The summed E-state index contributed by atoms with van der Waals surface area (Å²) in [4.78, 5) is 157. The van der Waals surface area contributed by atoms with E-state index in [-0.39, 0.29) is 111 Å². The molecule has 100 heavy (non-hydrogen) atoms. The molecule has 2 aromatic rings. The maximum Gasteiger partial charge on any atom is 0.312 e. The number of nitrogens with two attached hydrogens (primary N) is 1. The summed E-state index contributed by atoms with van der Waals surface area (Å²) in [6.07, 6.45) is 3.36. The molecule has 27 nitrogen and oxygen atoms in total. The van der Waals surface area contributed by atoms with Gasteiger partial charge in [0.05, 0.1) is 42.7 Å². The highest BCUT2D eigenvalue weighted by Gasteiger charge is 2.44. The zero-order valence-electron chi connectivity index (χ0n) is 62.3. The molecule has 2 heterocycles. The Labute approximate surface area is 593 Å². The van der Waals surface area contributed by atoms with Gasteiger partial charge in [0.2, 0.25) is 59.1 Å². The maximum absolute atomic E-state index is 14.7. The number of urea groups is 1. The molecule has 0 aliphatic carbocycles. The number of anilines is 1. The van der Waals surface area contributed by atoms with Gasteiger partial charge in [0, 0.05) is 90.9 Å². The van der Waals surface area contributed by atoms with Crippen LogP contribution in [0.3, 0.4) is 0 Å². The number of carbonyl (C=O) groups is 11. The van der Waals surface area contributed by atoms with Gasteiger partial charge < -0.3 is 67.1 Å². The van der Waals surface area contributed by atoms with E-state index in [0.717, 1.165) is 18.4 Å². The summed E-state index contributed by atoms with van der Waals surface area (Å²) >= 11 is 0. The number of likely N-dealkylation sites (tertiary alicyclic amines) is 2. The number of nitrogens with zero attached hydrogens (tertiary/aromatic N) is 4. The Bertz CT molecular complexity index is 2970. The Kier molecular flexibility index (Phi) is 36.0. The first-order valence-electron chi connectivity index (χ1n) is 35.9. The van der Waals surface area contributed by atoms with E-state index in [1.54, 1.807) is 66.8 Å². The molecule has 12 amide bonds. The van der Waals surface area contributed by atoms with Crippen molar-refractivity contribution in [2.24, 2.45) is 41.2 Å². The first-order valence-corrected chi connectivity index (χ1v) is 35.9. The van der Waals surface area contributed by atoms with Gasteiger partial charge in [-0.1, -0.05) is 125 Å². The van der Waals surface area contributed by atoms with Gasteiger partial charge >= 0.3 is 6.03 Å². The number of ether oxygens (including phenoxy) is 2. The number of nitrogens with one attached hydrogen (secondary N) is 9. The van der Waals surface area contributed by atoms with Crippen LogP contribution in [0, 0.1) is 35.5 Å². The Morgan fingerprint density at radius 3 is 1.89 bits per heavy atom. The fourth-order valence-corrected chi connectivity index (χ4v) is 13.5. The summed E-state index contributed by atoms with van der Waals surface area (Å²) in [5, 5.41) is 19.8. The second-order valence-electron chi connectivity index (χ2n) is 28.3. The van der Waals surface area contributed by atoms with Gasteiger partial charge in [-0.05, 0) is 113 Å². The number of hydrogen-bond donors (Lipinski definition) is 10. The van der Waals surface area contributed by atoms with Crippen molar-refractivity contribution in [3.8, 4) is 0 Å². The third-order valence-corrected chi connectivity index (χ3v) is 19.4. The van der Waals surface area contributed by atoms with Crippen LogP contribution in [-0.2, 0) is 70.4 Å². The maximum atomic E-state index is 14.7. The summed E-state index contributed by atoms with van der Waals surface area (Å²) < 4.78 is 12.2. The number of rotatable bonds is 41. The Balaban J connectivity index is 1.42. The first kappa shape index (κ1) is 84.7. The van der Waals surface area contributed by atoms with E-state index in [1.165, 1.54) is 14.2 Å². The number of unbranched alkanes of at least 4 members (excludes halogenated alkanes) is 1. The highest BCUT2D eigenvalue weighted by Crippen LogP contribution is 2.31. The molecule has 2 aromatic carbocycles. The summed E-state index contributed by atoms with van der Waals surface area (Å²) in [6.45, 7) is 22.4. The van der Waals surface area contributed by atoms with Gasteiger partial charge in [0.1, 0.15) is 24.2 Å². The second kappa shape index (κ2) is 42.5. The van der Waals surface area contributed by atoms with Crippen LogP contribution in [-0.4, -0.2) is 207 Å².